The van der Waals surface area contributed by atoms with Gasteiger partial charge in [0.1, 0.15) is 0 Å². The smallest absolute Gasteiger partial charge is 0.0766 e. The van der Waals surface area contributed by atoms with Crippen LogP contribution in [0.1, 0.15) is 31.2 Å². The first kappa shape index (κ1) is 15.1. The van der Waals surface area contributed by atoms with Gasteiger partial charge in [-0.15, -0.1) is 0 Å². The maximum absolute atomic E-state index is 9.99. The highest BCUT2D eigenvalue weighted by molar-refractivity contribution is 9.10. The number of aliphatic hydroxyl groups is 1. The molecule has 1 atom stereocenters. The number of hydrogen-bond donors (Lipinski definition) is 1. The third-order valence-electron chi connectivity index (χ3n) is 2.82. The Kier molecular flexibility index (Phi) is 6.59. The number of rotatable bonds is 7. The zero-order valence-corrected chi connectivity index (χ0v) is 13.1. The number of hydrogen-bond acceptors (Lipinski definition) is 3. The van der Waals surface area contributed by atoms with Crippen LogP contribution in [0.2, 0.25) is 0 Å². The summed E-state index contributed by atoms with van der Waals surface area (Å²) in [5, 5.41) is 14.4. The van der Waals surface area contributed by atoms with Gasteiger partial charge in [0.25, 0.3) is 0 Å². The van der Waals surface area contributed by atoms with E-state index in [-0.39, 0.29) is 6.10 Å². The SMILES string of the molecule is CCc1nn(C)c(CC(O)CCCSC)c1Br. The summed E-state index contributed by atoms with van der Waals surface area (Å²) in [4.78, 5) is 0. The molecule has 98 valence electrons. The van der Waals surface area contributed by atoms with E-state index in [2.05, 4.69) is 34.2 Å². The maximum atomic E-state index is 9.99. The predicted molar refractivity (Wildman–Crippen MR) is 77.6 cm³/mol. The molecule has 0 aliphatic heterocycles. The number of nitrogens with zero attached hydrogens (tertiary/aromatic N) is 2. The first-order chi connectivity index (χ1) is 8.10. The van der Waals surface area contributed by atoms with Crippen molar-refractivity contribution in [3.8, 4) is 0 Å². The Balaban J connectivity index is 2.58. The Hall–Kier alpha value is -0.000000000000000111. The molecule has 0 amide bonds. The fourth-order valence-electron chi connectivity index (χ4n) is 1.83. The van der Waals surface area contributed by atoms with Gasteiger partial charge < -0.3 is 5.11 Å². The van der Waals surface area contributed by atoms with E-state index in [4.69, 9.17) is 0 Å². The van der Waals surface area contributed by atoms with Crippen LogP contribution in [0.5, 0.6) is 0 Å². The van der Waals surface area contributed by atoms with Crippen LogP contribution in [0.3, 0.4) is 0 Å². The molecule has 1 rings (SSSR count). The Bertz CT molecular complexity index is 355. The summed E-state index contributed by atoms with van der Waals surface area (Å²) < 4.78 is 2.94. The molecule has 0 aliphatic carbocycles. The average molecular weight is 321 g/mol. The molecule has 17 heavy (non-hydrogen) atoms. The zero-order chi connectivity index (χ0) is 12.8. The summed E-state index contributed by atoms with van der Waals surface area (Å²) in [6, 6.07) is 0. The number of aliphatic hydroxyl groups excluding tert-OH is 1. The lowest BCUT2D eigenvalue weighted by atomic mass is 10.1. The van der Waals surface area contributed by atoms with Crippen molar-refractivity contribution in [2.45, 2.75) is 38.7 Å². The van der Waals surface area contributed by atoms with E-state index in [1.165, 1.54) is 0 Å². The first-order valence-corrected chi connectivity index (χ1v) is 8.16. The highest BCUT2D eigenvalue weighted by Gasteiger charge is 2.15. The summed E-state index contributed by atoms with van der Waals surface area (Å²) in [5.74, 6) is 1.11. The molecule has 0 saturated heterocycles. The molecule has 0 spiro atoms. The average Bonchev–Trinajstić information content (AvgIpc) is 2.57. The van der Waals surface area contributed by atoms with E-state index in [1.54, 1.807) is 0 Å². The lowest BCUT2D eigenvalue weighted by Crippen LogP contribution is -2.13. The molecular weight excluding hydrogens is 300 g/mol. The van der Waals surface area contributed by atoms with Gasteiger partial charge in [0, 0.05) is 13.5 Å². The first-order valence-electron chi connectivity index (χ1n) is 5.97. The van der Waals surface area contributed by atoms with Crippen LogP contribution in [0.4, 0.5) is 0 Å². The van der Waals surface area contributed by atoms with Crippen molar-refractivity contribution in [2.75, 3.05) is 12.0 Å². The Labute approximate surface area is 116 Å². The van der Waals surface area contributed by atoms with Crippen LogP contribution < -0.4 is 0 Å². The highest BCUT2D eigenvalue weighted by Crippen LogP contribution is 2.23. The fourth-order valence-corrected chi connectivity index (χ4v) is 3.06. The van der Waals surface area contributed by atoms with Gasteiger partial charge in [-0.25, -0.2) is 0 Å². The summed E-state index contributed by atoms with van der Waals surface area (Å²) in [6.45, 7) is 2.09. The second kappa shape index (κ2) is 7.44. The summed E-state index contributed by atoms with van der Waals surface area (Å²) in [7, 11) is 1.94. The number of aryl methyl sites for hydroxylation is 2. The molecular formula is C12H21BrN2OS. The van der Waals surface area contributed by atoms with Crippen LogP contribution in [0.25, 0.3) is 0 Å². The molecule has 0 radical (unpaired) electrons. The number of halogens is 1. The van der Waals surface area contributed by atoms with Crippen LogP contribution in [-0.4, -0.2) is 33.0 Å². The summed E-state index contributed by atoms with van der Waals surface area (Å²) in [6.07, 6.45) is 5.35. The van der Waals surface area contributed by atoms with Crippen LogP contribution in [0.15, 0.2) is 4.47 Å². The molecule has 1 aromatic rings. The quantitative estimate of drug-likeness (QED) is 0.785. The van der Waals surface area contributed by atoms with Crippen LogP contribution in [0, 0.1) is 0 Å². The van der Waals surface area contributed by atoms with Gasteiger partial charge in [-0.3, -0.25) is 4.68 Å². The predicted octanol–water partition coefficient (Wildman–Crippen LogP) is 2.79. The number of aromatic nitrogens is 2. The van der Waals surface area contributed by atoms with Crippen LogP contribution >= 0.6 is 27.7 Å². The Morgan fingerprint density at radius 2 is 2.24 bits per heavy atom. The fraction of sp³-hybridized carbons (Fsp3) is 0.750. The van der Waals surface area contributed by atoms with E-state index in [9.17, 15) is 5.11 Å². The lowest BCUT2D eigenvalue weighted by molar-refractivity contribution is 0.161. The van der Waals surface area contributed by atoms with E-state index < -0.39 is 0 Å². The van der Waals surface area contributed by atoms with Gasteiger partial charge in [0.05, 0.1) is 22.0 Å². The molecule has 0 aromatic carbocycles. The van der Waals surface area contributed by atoms with E-state index in [0.717, 1.165) is 40.9 Å². The van der Waals surface area contributed by atoms with Gasteiger partial charge in [-0.1, -0.05) is 6.92 Å². The van der Waals surface area contributed by atoms with Crippen molar-refractivity contribution in [3.63, 3.8) is 0 Å². The second-order valence-electron chi connectivity index (χ2n) is 4.18. The van der Waals surface area contributed by atoms with Gasteiger partial charge >= 0.3 is 0 Å². The molecule has 1 N–H and O–H groups in total. The maximum Gasteiger partial charge on any atom is 0.0766 e. The van der Waals surface area contributed by atoms with Crippen LogP contribution in [-0.2, 0) is 19.9 Å². The molecule has 1 aromatic heterocycles. The third kappa shape index (κ3) is 4.30. The van der Waals surface area contributed by atoms with Crippen molar-refractivity contribution >= 4 is 27.7 Å². The van der Waals surface area contributed by atoms with Gasteiger partial charge in [0.2, 0.25) is 0 Å². The highest BCUT2D eigenvalue weighted by atomic mass is 79.9. The summed E-state index contributed by atoms with van der Waals surface area (Å²) >= 11 is 5.40. The van der Waals surface area contributed by atoms with Crippen molar-refractivity contribution in [2.24, 2.45) is 7.05 Å². The molecule has 1 heterocycles. The van der Waals surface area contributed by atoms with Crippen molar-refractivity contribution < 1.29 is 5.11 Å². The minimum atomic E-state index is -0.265. The topological polar surface area (TPSA) is 38.0 Å². The molecule has 0 aliphatic rings. The van der Waals surface area contributed by atoms with E-state index in [1.807, 2.05) is 23.5 Å². The van der Waals surface area contributed by atoms with E-state index in [0.29, 0.717) is 6.42 Å². The molecule has 5 heteroatoms. The van der Waals surface area contributed by atoms with Crippen molar-refractivity contribution in [1.29, 1.82) is 0 Å². The Morgan fingerprint density at radius 3 is 2.76 bits per heavy atom. The third-order valence-corrected chi connectivity index (χ3v) is 4.43. The standard InChI is InChI=1S/C12H21BrN2OS/c1-4-10-12(13)11(15(2)14-10)8-9(16)6-5-7-17-3/h9,16H,4-8H2,1-3H3. The zero-order valence-electron chi connectivity index (χ0n) is 10.7. The minimum Gasteiger partial charge on any atom is -0.393 e. The summed E-state index contributed by atoms with van der Waals surface area (Å²) in [5.41, 5.74) is 2.16. The van der Waals surface area contributed by atoms with Crippen molar-refractivity contribution in [3.05, 3.63) is 15.9 Å². The van der Waals surface area contributed by atoms with E-state index >= 15 is 0 Å². The van der Waals surface area contributed by atoms with Gasteiger partial charge in [-0.05, 0) is 47.2 Å². The molecule has 0 saturated carbocycles. The largest absolute Gasteiger partial charge is 0.393 e. The van der Waals surface area contributed by atoms with Gasteiger partial charge in [0.15, 0.2) is 0 Å². The molecule has 3 nitrogen and oxygen atoms in total. The second-order valence-corrected chi connectivity index (χ2v) is 5.96. The molecule has 1 unspecified atom stereocenters. The minimum absolute atomic E-state index is 0.265. The lowest BCUT2D eigenvalue weighted by Gasteiger charge is -2.10. The number of thioether (sulfide) groups is 1. The normalized spacial score (nSPS) is 13.0. The molecule has 0 fully saturated rings. The van der Waals surface area contributed by atoms with Gasteiger partial charge in [-0.2, -0.15) is 16.9 Å². The molecule has 0 bridgehead atoms. The Morgan fingerprint density at radius 1 is 1.53 bits per heavy atom. The van der Waals surface area contributed by atoms with Crippen molar-refractivity contribution in [1.82, 2.24) is 9.78 Å². The monoisotopic (exact) mass is 320 g/mol.